The molecule has 8 nitrogen and oxygen atoms in total. The van der Waals surface area contributed by atoms with Crippen LogP contribution in [0.1, 0.15) is 30.5 Å². The SMILES string of the molecule is COc1ccc(S(=O)(=O)N(CC(=O)N(Cc2c(Cl)cccc2Cl)C(Cc2ccccc2)C(=O)NCC(C)C)c2ccc(C)cc2)cc1Br. The summed E-state index contributed by atoms with van der Waals surface area (Å²) >= 11 is 16.6. The molecule has 1 atom stereocenters. The predicted molar refractivity (Wildman–Crippen MR) is 195 cm³/mol. The van der Waals surface area contributed by atoms with Crippen LogP contribution in [-0.4, -0.2) is 51.4 Å². The molecule has 1 N–H and O–H groups in total. The number of aryl methyl sites for hydroxylation is 1. The second-order valence-corrected chi connectivity index (χ2v) is 15.2. The predicted octanol–water partition coefficient (Wildman–Crippen LogP) is 7.68. The van der Waals surface area contributed by atoms with E-state index in [4.69, 9.17) is 27.9 Å². The highest BCUT2D eigenvalue weighted by Gasteiger charge is 2.35. The van der Waals surface area contributed by atoms with E-state index in [1.54, 1.807) is 42.5 Å². The number of carbonyl (C=O) groups is 2. The van der Waals surface area contributed by atoms with Crippen molar-refractivity contribution >= 4 is 66.7 Å². The molecule has 12 heteroatoms. The van der Waals surface area contributed by atoms with Gasteiger partial charge in [-0.15, -0.1) is 0 Å². The van der Waals surface area contributed by atoms with Crippen LogP contribution < -0.4 is 14.4 Å². The third-order valence-corrected chi connectivity index (χ3v) is 10.8. The fourth-order valence-electron chi connectivity index (χ4n) is 5.00. The van der Waals surface area contributed by atoms with Gasteiger partial charge in [-0.25, -0.2) is 8.42 Å². The van der Waals surface area contributed by atoms with E-state index in [1.165, 1.54) is 30.2 Å². The lowest BCUT2D eigenvalue weighted by atomic mass is 10.0. The largest absolute Gasteiger partial charge is 0.496 e. The minimum absolute atomic E-state index is 0.0558. The lowest BCUT2D eigenvalue weighted by molar-refractivity contribution is -0.140. The molecule has 4 aromatic rings. The van der Waals surface area contributed by atoms with Crippen LogP contribution in [0.2, 0.25) is 10.0 Å². The molecule has 0 radical (unpaired) electrons. The zero-order valence-corrected chi connectivity index (χ0v) is 31.0. The molecule has 2 amide bonds. The molecule has 0 saturated carbocycles. The molecule has 0 saturated heterocycles. The number of anilines is 1. The van der Waals surface area contributed by atoms with E-state index in [9.17, 15) is 18.0 Å². The van der Waals surface area contributed by atoms with Crippen LogP contribution in [0.4, 0.5) is 5.69 Å². The first-order valence-electron chi connectivity index (χ1n) is 15.3. The summed E-state index contributed by atoms with van der Waals surface area (Å²) in [6, 6.07) is 24.5. The van der Waals surface area contributed by atoms with Crippen LogP contribution in [0.3, 0.4) is 0 Å². The van der Waals surface area contributed by atoms with Crippen LogP contribution in [0.25, 0.3) is 0 Å². The van der Waals surface area contributed by atoms with E-state index < -0.39 is 28.5 Å². The number of nitrogens with one attached hydrogen (secondary N) is 1. The van der Waals surface area contributed by atoms with E-state index in [0.717, 1.165) is 15.4 Å². The number of amides is 2. The molecule has 0 spiro atoms. The van der Waals surface area contributed by atoms with Crippen molar-refractivity contribution in [3.05, 3.63) is 122 Å². The molecule has 4 aromatic carbocycles. The number of methoxy groups -OCH3 is 1. The standard InChI is InChI=1S/C36H38BrCl2N3O5S/c1-24(2)21-40-36(44)33(19-26-9-6-5-7-10-26)41(22-29-31(38)11-8-12-32(29)39)35(43)23-42(27-15-13-25(3)14-16-27)48(45,46)28-17-18-34(47-4)30(37)20-28/h5-18,20,24,33H,19,21-23H2,1-4H3,(H,40,44). The number of rotatable bonds is 14. The van der Waals surface area contributed by atoms with Gasteiger partial charge in [-0.3, -0.25) is 13.9 Å². The van der Waals surface area contributed by atoms with Crippen molar-refractivity contribution in [3.8, 4) is 5.75 Å². The molecule has 1 unspecified atom stereocenters. The van der Waals surface area contributed by atoms with Gasteiger partial charge in [0.2, 0.25) is 11.8 Å². The Bertz CT molecular complexity index is 1820. The molecule has 0 aliphatic rings. The molecule has 48 heavy (non-hydrogen) atoms. The van der Waals surface area contributed by atoms with Gasteiger partial charge in [-0.2, -0.15) is 0 Å². The summed E-state index contributed by atoms with van der Waals surface area (Å²) in [5.41, 5.74) is 2.44. The number of benzene rings is 4. The van der Waals surface area contributed by atoms with E-state index in [-0.39, 0.29) is 35.4 Å². The number of carbonyl (C=O) groups excluding carboxylic acids is 2. The third kappa shape index (κ3) is 9.31. The van der Waals surface area contributed by atoms with Crippen molar-refractivity contribution in [2.45, 2.75) is 44.7 Å². The normalized spacial score (nSPS) is 12.0. The Morgan fingerprint density at radius 3 is 2.15 bits per heavy atom. The van der Waals surface area contributed by atoms with Crippen LogP contribution >= 0.6 is 39.1 Å². The van der Waals surface area contributed by atoms with Gasteiger partial charge in [-0.05, 0) is 76.8 Å². The summed E-state index contributed by atoms with van der Waals surface area (Å²) in [5.74, 6) is -0.401. The van der Waals surface area contributed by atoms with Gasteiger partial charge >= 0.3 is 0 Å². The smallest absolute Gasteiger partial charge is 0.264 e. The Morgan fingerprint density at radius 2 is 1.56 bits per heavy atom. The summed E-state index contributed by atoms with van der Waals surface area (Å²) in [7, 11) is -2.83. The summed E-state index contributed by atoms with van der Waals surface area (Å²) in [6.07, 6.45) is 0.168. The van der Waals surface area contributed by atoms with Crippen molar-refractivity contribution in [3.63, 3.8) is 0 Å². The summed E-state index contributed by atoms with van der Waals surface area (Å²) in [4.78, 5) is 29.9. The number of hydrogen-bond acceptors (Lipinski definition) is 5. The van der Waals surface area contributed by atoms with Crippen LogP contribution in [0, 0.1) is 12.8 Å². The number of halogens is 3. The molecule has 4 rings (SSSR count). The van der Waals surface area contributed by atoms with E-state index in [0.29, 0.717) is 32.4 Å². The Hall–Kier alpha value is -3.57. The average Bonchev–Trinajstić information content (AvgIpc) is 3.06. The maximum atomic E-state index is 14.7. The van der Waals surface area contributed by atoms with E-state index >= 15 is 0 Å². The minimum atomic E-state index is -4.31. The monoisotopic (exact) mass is 773 g/mol. The number of nitrogens with zero attached hydrogens (tertiary/aromatic N) is 2. The second kappa shape index (κ2) is 16.7. The first kappa shape index (κ1) is 37.3. The number of sulfonamides is 1. The lowest BCUT2D eigenvalue weighted by Gasteiger charge is -2.34. The van der Waals surface area contributed by atoms with Crippen molar-refractivity contribution in [2.24, 2.45) is 5.92 Å². The maximum absolute atomic E-state index is 14.7. The van der Waals surface area contributed by atoms with Gasteiger partial charge in [0.15, 0.2) is 0 Å². The highest BCUT2D eigenvalue weighted by atomic mass is 79.9. The van der Waals surface area contributed by atoms with Crippen molar-refractivity contribution < 1.29 is 22.7 Å². The molecule has 254 valence electrons. The Kier molecular flexibility index (Phi) is 13.0. The fourth-order valence-corrected chi connectivity index (χ4v) is 7.65. The molecule has 0 aromatic heterocycles. The van der Waals surface area contributed by atoms with E-state index in [1.807, 2.05) is 51.1 Å². The quantitative estimate of drug-likeness (QED) is 0.142. The van der Waals surface area contributed by atoms with E-state index in [2.05, 4.69) is 21.2 Å². The van der Waals surface area contributed by atoms with Gasteiger partial charge < -0.3 is 15.0 Å². The van der Waals surface area contributed by atoms with Gasteiger partial charge in [0, 0.05) is 35.1 Å². The van der Waals surface area contributed by atoms with Gasteiger partial charge in [0.25, 0.3) is 10.0 Å². The Labute approximate surface area is 301 Å². The van der Waals surface area contributed by atoms with Gasteiger partial charge in [0.05, 0.1) is 22.2 Å². The molecular weight excluding hydrogens is 737 g/mol. The third-order valence-electron chi connectivity index (χ3n) is 7.66. The first-order chi connectivity index (χ1) is 22.8. The molecule has 0 bridgehead atoms. The topological polar surface area (TPSA) is 96.0 Å². The maximum Gasteiger partial charge on any atom is 0.264 e. The first-order valence-corrected chi connectivity index (χ1v) is 18.3. The highest BCUT2D eigenvalue weighted by molar-refractivity contribution is 9.10. The lowest BCUT2D eigenvalue weighted by Crippen LogP contribution is -2.53. The van der Waals surface area contributed by atoms with Crippen molar-refractivity contribution in [1.29, 1.82) is 0 Å². The summed E-state index contributed by atoms with van der Waals surface area (Å²) in [6.45, 7) is 5.46. The van der Waals surface area contributed by atoms with Gasteiger partial charge in [0.1, 0.15) is 18.3 Å². The van der Waals surface area contributed by atoms with Gasteiger partial charge in [-0.1, -0.05) is 91.1 Å². The molecule has 0 aliphatic carbocycles. The molecular formula is C36H38BrCl2N3O5S. The molecule has 0 heterocycles. The number of hydrogen-bond donors (Lipinski definition) is 1. The zero-order chi connectivity index (χ0) is 35.0. The summed E-state index contributed by atoms with van der Waals surface area (Å²) in [5, 5.41) is 3.59. The van der Waals surface area contributed by atoms with Crippen LogP contribution in [0.5, 0.6) is 5.75 Å². The summed E-state index contributed by atoms with van der Waals surface area (Å²) < 4.78 is 35.5. The molecule has 0 aliphatic heterocycles. The minimum Gasteiger partial charge on any atom is -0.496 e. The fraction of sp³-hybridized carbons (Fsp3) is 0.278. The zero-order valence-electron chi connectivity index (χ0n) is 27.1. The second-order valence-electron chi connectivity index (χ2n) is 11.7. The Balaban J connectivity index is 1.84. The molecule has 0 fully saturated rings. The van der Waals surface area contributed by atoms with Crippen molar-refractivity contribution in [1.82, 2.24) is 10.2 Å². The Morgan fingerprint density at radius 1 is 0.917 bits per heavy atom. The van der Waals surface area contributed by atoms with Crippen molar-refractivity contribution in [2.75, 3.05) is 24.5 Å². The van der Waals surface area contributed by atoms with Crippen LogP contribution in [-0.2, 0) is 32.6 Å². The average molecular weight is 776 g/mol. The number of ether oxygens (including phenoxy) is 1. The highest BCUT2D eigenvalue weighted by Crippen LogP contribution is 2.32. The van der Waals surface area contributed by atoms with Crippen LogP contribution in [0.15, 0.2) is 100 Å².